The van der Waals surface area contributed by atoms with E-state index in [4.69, 9.17) is 0 Å². The summed E-state index contributed by atoms with van der Waals surface area (Å²) in [6.45, 7) is 1.80. The molecule has 1 aliphatic heterocycles. The average molecular weight is 346 g/mol. The van der Waals surface area contributed by atoms with Crippen LogP contribution in [0.15, 0.2) is 53.4 Å². The van der Waals surface area contributed by atoms with Crippen molar-refractivity contribution >= 4 is 15.5 Å². The summed E-state index contributed by atoms with van der Waals surface area (Å²) in [5.74, 6) is 0.115. The van der Waals surface area contributed by atoms with Crippen LogP contribution >= 0.6 is 0 Å². The van der Waals surface area contributed by atoms with Crippen molar-refractivity contribution in [3.8, 4) is 0 Å². The van der Waals surface area contributed by atoms with Crippen molar-refractivity contribution in [1.29, 1.82) is 0 Å². The van der Waals surface area contributed by atoms with Gasteiger partial charge in [-0.05, 0) is 23.6 Å². The van der Waals surface area contributed by atoms with Gasteiger partial charge < -0.3 is 0 Å². The fourth-order valence-electron chi connectivity index (χ4n) is 2.88. The highest BCUT2D eigenvalue weighted by Gasteiger charge is 2.24. The molecule has 0 N–H and O–H groups in total. The first-order valence-corrected chi connectivity index (χ1v) is 9.37. The number of hydrogen-bond donors (Lipinski definition) is 0. The van der Waals surface area contributed by atoms with E-state index in [-0.39, 0.29) is 11.4 Å². The maximum atomic E-state index is 12.3. The van der Waals surface area contributed by atoms with E-state index in [0.717, 1.165) is 17.5 Å². The van der Waals surface area contributed by atoms with Crippen LogP contribution in [0.5, 0.6) is 0 Å². The zero-order valence-electron chi connectivity index (χ0n) is 13.1. The van der Waals surface area contributed by atoms with E-state index in [1.165, 1.54) is 12.1 Å². The first-order chi connectivity index (χ1) is 11.5. The molecule has 2 aromatic rings. The summed E-state index contributed by atoms with van der Waals surface area (Å²) in [6, 6.07) is 13.6. The second-order valence-corrected chi connectivity index (χ2v) is 7.95. The Balaban J connectivity index is 1.70. The minimum Gasteiger partial charge on any atom is -0.298 e. The molecule has 6 nitrogen and oxygen atoms in total. The fourth-order valence-corrected chi connectivity index (χ4v) is 4.42. The summed E-state index contributed by atoms with van der Waals surface area (Å²) >= 11 is 0. The molecule has 1 heterocycles. The molecule has 0 radical (unpaired) electrons. The van der Waals surface area contributed by atoms with Crippen LogP contribution in [-0.2, 0) is 22.8 Å². The van der Waals surface area contributed by atoms with Gasteiger partial charge in [0.05, 0.1) is 15.6 Å². The summed E-state index contributed by atoms with van der Waals surface area (Å²) in [4.78, 5) is 12.8. The molecule has 126 valence electrons. The lowest BCUT2D eigenvalue weighted by atomic mass is 10.1. The molecule has 0 atom stereocenters. The Morgan fingerprint density at radius 3 is 2.50 bits per heavy atom. The van der Waals surface area contributed by atoms with Crippen molar-refractivity contribution in [1.82, 2.24) is 4.90 Å². The van der Waals surface area contributed by atoms with Gasteiger partial charge in [0, 0.05) is 31.8 Å². The van der Waals surface area contributed by atoms with E-state index in [1.807, 2.05) is 12.1 Å². The maximum Gasteiger partial charge on any atom is 0.269 e. The second kappa shape index (κ2) is 6.70. The van der Waals surface area contributed by atoms with Crippen molar-refractivity contribution < 1.29 is 13.3 Å². The summed E-state index contributed by atoms with van der Waals surface area (Å²) in [5, 5.41) is 10.7. The van der Waals surface area contributed by atoms with Crippen molar-refractivity contribution in [3.63, 3.8) is 0 Å². The molecule has 7 heteroatoms. The zero-order valence-corrected chi connectivity index (χ0v) is 13.9. The number of benzene rings is 2. The third-order valence-corrected chi connectivity index (χ3v) is 6.03. The van der Waals surface area contributed by atoms with Crippen LogP contribution in [0.25, 0.3) is 0 Å². The Labute approximate surface area is 140 Å². The Kier molecular flexibility index (Phi) is 4.64. The van der Waals surface area contributed by atoms with Crippen LogP contribution in [0, 0.1) is 10.1 Å². The van der Waals surface area contributed by atoms with E-state index >= 15 is 0 Å². The molecule has 0 amide bonds. The molecular weight excluding hydrogens is 328 g/mol. The number of nitro benzene ring substituents is 1. The van der Waals surface area contributed by atoms with Crippen LogP contribution in [0.2, 0.25) is 0 Å². The SMILES string of the molecule is O=[N+]([O-])c1ccc(CCN2CCS(=O)(=O)c3ccccc3C2)cc1. The Bertz CT molecular complexity index is 847. The number of fused-ring (bicyclic) bond motifs is 1. The summed E-state index contributed by atoms with van der Waals surface area (Å²) < 4.78 is 24.6. The highest BCUT2D eigenvalue weighted by molar-refractivity contribution is 7.91. The number of sulfone groups is 1. The van der Waals surface area contributed by atoms with Crippen molar-refractivity contribution in [2.75, 3.05) is 18.8 Å². The number of non-ortho nitro benzene ring substituents is 1. The maximum absolute atomic E-state index is 12.3. The minimum absolute atomic E-state index is 0.0774. The van der Waals surface area contributed by atoms with Crippen molar-refractivity contribution in [2.24, 2.45) is 0 Å². The monoisotopic (exact) mass is 346 g/mol. The molecular formula is C17H18N2O4S. The van der Waals surface area contributed by atoms with Crippen LogP contribution in [0.4, 0.5) is 5.69 Å². The predicted octanol–water partition coefficient (Wildman–Crippen LogP) is 2.43. The van der Waals surface area contributed by atoms with Crippen LogP contribution in [0.1, 0.15) is 11.1 Å². The predicted molar refractivity (Wildman–Crippen MR) is 90.6 cm³/mol. The molecule has 3 rings (SSSR count). The molecule has 0 unspecified atom stereocenters. The summed E-state index contributed by atoms with van der Waals surface area (Å²) in [6.07, 6.45) is 0.722. The standard InChI is InChI=1S/C17H18N2O4S/c20-19(21)16-7-5-14(6-8-16)9-10-18-11-12-24(22,23)17-4-2-1-3-15(17)13-18/h1-8H,9-13H2. The van der Waals surface area contributed by atoms with Crippen molar-refractivity contribution in [3.05, 3.63) is 69.8 Å². The van der Waals surface area contributed by atoms with Gasteiger partial charge in [0.15, 0.2) is 9.84 Å². The highest BCUT2D eigenvalue weighted by Crippen LogP contribution is 2.22. The quantitative estimate of drug-likeness (QED) is 0.627. The first kappa shape index (κ1) is 16.6. The van der Waals surface area contributed by atoms with Gasteiger partial charge in [0.1, 0.15) is 0 Å². The summed E-state index contributed by atoms with van der Waals surface area (Å²) in [5.41, 5.74) is 1.91. The number of rotatable bonds is 4. The molecule has 2 aromatic carbocycles. The van der Waals surface area contributed by atoms with Crippen molar-refractivity contribution in [2.45, 2.75) is 17.9 Å². The van der Waals surface area contributed by atoms with Gasteiger partial charge in [-0.25, -0.2) is 8.42 Å². The average Bonchev–Trinajstić information content (AvgIpc) is 2.70. The Hall–Kier alpha value is -2.25. The van der Waals surface area contributed by atoms with Crippen LogP contribution in [0.3, 0.4) is 0 Å². The molecule has 1 aliphatic rings. The molecule has 0 saturated heterocycles. The molecule has 0 saturated carbocycles. The van der Waals surface area contributed by atoms with Gasteiger partial charge in [-0.15, -0.1) is 0 Å². The highest BCUT2D eigenvalue weighted by atomic mass is 32.2. The smallest absolute Gasteiger partial charge is 0.269 e. The van der Waals surface area contributed by atoms with Crippen LogP contribution in [-0.4, -0.2) is 37.1 Å². The van der Waals surface area contributed by atoms with E-state index in [0.29, 0.717) is 24.5 Å². The lowest BCUT2D eigenvalue weighted by Gasteiger charge is -2.19. The minimum atomic E-state index is -3.23. The summed E-state index contributed by atoms with van der Waals surface area (Å²) in [7, 11) is -3.23. The lowest BCUT2D eigenvalue weighted by molar-refractivity contribution is -0.384. The molecule has 0 bridgehead atoms. The molecule has 0 aromatic heterocycles. The fraction of sp³-hybridized carbons (Fsp3) is 0.294. The Morgan fingerprint density at radius 2 is 1.79 bits per heavy atom. The van der Waals surface area contributed by atoms with E-state index in [1.54, 1.807) is 24.3 Å². The largest absolute Gasteiger partial charge is 0.298 e. The van der Waals surface area contributed by atoms with Crippen LogP contribution < -0.4 is 0 Å². The number of nitrogens with zero attached hydrogens (tertiary/aromatic N) is 2. The van der Waals surface area contributed by atoms with E-state index in [2.05, 4.69) is 4.90 Å². The number of hydrogen-bond acceptors (Lipinski definition) is 5. The van der Waals surface area contributed by atoms with Gasteiger partial charge in [-0.1, -0.05) is 30.3 Å². The molecule has 0 aliphatic carbocycles. The number of nitro groups is 1. The Morgan fingerprint density at radius 1 is 1.08 bits per heavy atom. The second-order valence-electron chi connectivity index (χ2n) is 5.88. The van der Waals surface area contributed by atoms with E-state index < -0.39 is 14.8 Å². The van der Waals surface area contributed by atoms with Gasteiger partial charge in [-0.3, -0.25) is 15.0 Å². The zero-order chi connectivity index (χ0) is 17.2. The van der Waals surface area contributed by atoms with Gasteiger partial charge in [0.25, 0.3) is 5.69 Å². The van der Waals surface area contributed by atoms with Gasteiger partial charge in [0.2, 0.25) is 0 Å². The van der Waals surface area contributed by atoms with Gasteiger partial charge in [-0.2, -0.15) is 0 Å². The third-order valence-electron chi connectivity index (χ3n) is 4.24. The molecule has 0 spiro atoms. The molecule has 24 heavy (non-hydrogen) atoms. The van der Waals surface area contributed by atoms with Gasteiger partial charge >= 0.3 is 0 Å². The lowest BCUT2D eigenvalue weighted by Crippen LogP contribution is -2.28. The molecule has 0 fully saturated rings. The first-order valence-electron chi connectivity index (χ1n) is 7.72. The normalized spacial score (nSPS) is 17.0. The third kappa shape index (κ3) is 3.63. The van der Waals surface area contributed by atoms with E-state index in [9.17, 15) is 18.5 Å². The topological polar surface area (TPSA) is 80.5 Å².